The molecule has 1 amide bonds. The van der Waals surface area contributed by atoms with Crippen LogP contribution in [-0.2, 0) is 27.5 Å². The van der Waals surface area contributed by atoms with Gasteiger partial charge in [-0.15, -0.1) is 0 Å². The van der Waals surface area contributed by atoms with Gasteiger partial charge < -0.3 is 5.32 Å². The predicted octanol–water partition coefficient (Wildman–Crippen LogP) is 2.79. The van der Waals surface area contributed by atoms with Gasteiger partial charge >= 0.3 is 6.18 Å². The van der Waals surface area contributed by atoms with Crippen molar-refractivity contribution in [2.45, 2.75) is 12.7 Å². The maximum absolute atomic E-state index is 13.2. The molecule has 2 rings (SSSR count). The molecular weight excluding hydrogens is 369 g/mol. The van der Waals surface area contributed by atoms with Gasteiger partial charge in [-0.05, 0) is 17.7 Å². The van der Waals surface area contributed by atoms with Crippen LogP contribution in [0.15, 0.2) is 54.6 Å². The maximum atomic E-state index is 13.2. The SMILES string of the molecule is CS(=O)(=O)N(CC(=O)NCc1ccccc1)c1ccccc1C(F)(F)F. The number of nitrogens with one attached hydrogen (secondary N) is 1. The van der Waals surface area contributed by atoms with Crippen LogP contribution in [0.1, 0.15) is 11.1 Å². The zero-order valence-electron chi connectivity index (χ0n) is 13.8. The number of anilines is 1. The van der Waals surface area contributed by atoms with Crippen molar-refractivity contribution < 1.29 is 26.4 Å². The molecule has 2 aromatic rings. The zero-order valence-corrected chi connectivity index (χ0v) is 14.6. The molecule has 2 aromatic carbocycles. The van der Waals surface area contributed by atoms with E-state index < -0.39 is 39.9 Å². The quantitative estimate of drug-likeness (QED) is 0.830. The van der Waals surface area contributed by atoms with E-state index in [9.17, 15) is 26.4 Å². The summed E-state index contributed by atoms with van der Waals surface area (Å²) in [5.74, 6) is -0.712. The first-order valence-electron chi connectivity index (χ1n) is 7.53. The van der Waals surface area contributed by atoms with Crippen LogP contribution in [0.5, 0.6) is 0 Å². The van der Waals surface area contributed by atoms with Crippen LogP contribution >= 0.6 is 0 Å². The van der Waals surface area contributed by atoms with Crippen LogP contribution in [0.25, 0.3) is 0 Å². The number of hydrogen-bond donors (Lipinski definition) is 1. The van der Waals surface area contributed by atoms with E-state index >= 15 is 0 Å². The number of para-hydroxylation sites is 1. The van der Waals surface area contributed by atoms with Gasteiger partial charge in [-0.1, -0.05) is 42.5 Å². The molecule has 0 unspecified atom stereocenters. The minimum atomic E-state index is -4.75. The van der Waals surface area contributed by atoms with E-state index in [-0.39, 0.29) is 6.54 Å². The molecule has 26 heavy (non-hydrogen) atoms. The fraction of sp³-hybridized carbons (Fsp3) is 0.235. The number of carbonyl (C=O) groups is 1. The van der Waals surface area contributed by atoms with Gasteiger partial charge in [-0.25, -0.2) is 8.42 Å². The summed E-state index contributed by atoms with van der Waals surface area (Å²) in [7, 11) is -4.11. The van der Waals surface area contributed by atoms with E-state index in [2.05, 4.69) is 5.32 Å². The molecule has 0 radical (unpaired) electrons. The number of alkyl halides is 3. The van der Waals surface area contributed by atoms with E-state index in [4.69, 9.17) is 0 Å². The van der Waals surface area contributed by atoms with Gasteiger partial charge in [0, 0.05) is 6.54 Å². The van der Waals surface area contributed by atoms with Crippen molar-refractivity contribution in [2.24, 2.45) is 0 Å². The summed E-state index contributed by atoms with van der Waals surface area (Å²) < 4.78 is 64.0. The van der Waals surface area contributed by atoms with Crippen molar-refractivity contribution in [1.29, 1.82) is 0 Å². The highest BCUT2D eigenvalue weighted by molar-refractivity contribution is 7.92. The lowest BCUT2D eigenvalue weighted by molar-refractivity contribution is -0.137. The lowest BCUT2D eigenvalue weighted by atomic mass is 10.1. The van der Waals surface area contributed by atoms with Crippen LogP contribution in [0, 0.1) is 0 Å². The summed E-state index contributed by atoms with van der Waals surface area (Å²) in [6.07, 6.45) is -4.00. The van der Waals surface area contributed by atoms with Gasteiger partial charge in [-0.3, -0.25) is 9.10 Å². The molecule has 9 heteroatoms. The third-order valence-electron chi connectivity index (χ3n) is 3.50. The first-order chi connectivity index (χ1) is 12.1. The molecule has 0 spiro atoms. The number of amides is 1. The summed E-state index contributed by atoms with van der Waals surface area (Å²) in [6, 6.07) is 13.1. The Bertz CT molecular complexity index is 868. The van der Waals surface area contributed by atoms with Crippen molar-refractivity contribution in [3.8, 4) is 0 Å². The maximum Gasteiger partial charge on any atom is 0.418 e. The first-order valence-corrected chi connectivity index (χ1v) is 9.38. The summed E-state index contributed by atoms with van der Waals surface area (Å²) >= 11 is 0. The molecular formula is C17H17F3N2O3S. The Balaban J connectivity index is 2.23. The van der Waals surface area contributed by atoms with E-state index in [0.717, 1.165) is 30.0 Å². The lowest BCUT2D eigenvalue weighted by Gasteiger charge is -2.25. The average Bonchev–Trinajstić information content (AvgIpc) is 2.57. The highest BCUT2D eigenvalue weighted by Gasteiger charge is 2.36. The normalized spacial score (nSPS) is 11.8. The molecule has 1 N–H and O–H groups in total. The minimum absolute atomic E-state index is 0.137. The Morgan fingerprint density at radius 1 is 1.04 bits per heavy atom. The van der Waals surface area contributed by atoms with Crippen molar-refractivity contribution in [1.82, 2.24) is 5.32 Å². The Hall–Kier alpha value is -2.55. The van der Waals surface area contributed by atoms with Gasteiger partial charge in [0.25, 0.3) is 0 Å². The molecule has 0 atom stereocenters. The molecule has 0 aliphatic rings. The van der Waals surface area contributed by atoms with Gasteiger partial charge in [0.2, 0.25) is 15.9 Å². The van der Waals surface area contributed by atoms with Crippen molar-refractivity contribution >= 4 is 21.6 Å². The molecule has 5 nitrogen and oxygen atoms in total. The van der Waals surface area contributed by atoms with Crippen LogP contribution in [0.2, 0.25) is 0 Å². The van der Waals surface area contributed by atoms with E-state index in [1.165, 1.54) is 6.07 Å². The molecule has 0 aliphatic carbocycles. The molecule has 0 heterocycles. The first kappa shape index (κ1) is 19.8. The van der Waals surface area contributed by atoms with Crippen LogP contribution in [0.3, 0.4) is 0 Å². The second kappa shape index (κ2) is 7.77. The Morgan fingerprint density at radius 2 is 1.62 bits per heavy atom. The molecule has 0 aromatic heterocycles. The van der Waals surface area contributed by atoms with Gasteiger partial charge in [-0.2, -0.15) is 13.2 Å². The molecule has 0 aliphatic heterocycles. The highest BCUT2D eigenvalue weighted by atomic mass is 32.2. The monoisotopic (exact) mass is 386 g/mol. The molecule has 0 bridgehead atoms. The summed E-state index contributed by atoms with van der Waals surface area (Å²) in [5, 5.41) is 2.50. The minimum Gasteiger partial charge on any atom is -0.350 e. The summed E-state index contributed by atoms with van der Waals surface area (Å²) in [4.78, 5) is 12.1. The highest BCUT2D eigenvalue weighted by Crippen LogP contribution is 2.37. The van der Waals surface area contributed by atoms with E-state index in [1.54, 1.807) is 30.3 Å². The van der Waals surface area contributed by atoms with Crippen LogP contribution < -0.4 is 9.62 Å². The molecule has 0 saturated heterocycles. The number of nitrogens with zero attached hydrogens (tertiary/aromatic N) is 1. The second-order valence-electron chi connectivity index (χ2n) is 5.55. The topological polar surface area (TPSA) is 66.5 Å². The van der Waals surface area contributed by atoms with E-state index in [1.807, 2.05) is 0 Å². The predicted molar refractivity (Wildman–Crippen MR) is 91.9 cm³/mol. The fourth-order valence-corrected chi connectivity index (χ4v) is 3.16. The van der Waals surface area contributed by atoms with Crippen molar-refractivity contribution in [3.05, 3.63) is 65.7 Å². The third-order valence-corrected chi connectivity index (χ3v) is 4.62. The van der Waals surface area contributed by atoms with Gasteiger partial charge in [0.05, 0.1) is 17.5 Å². The smallest absolute Gasteiger partial charge is 0.350 e. The van der Waals surface area contributed by atoms with Crippen LogP contribution in [0.4, 0.5) is 18.9 Å². The van der Waals surface area contributed by atoms with Crippen molar-refractivity contribution in [2.75, 3.05) is 17.1 Å². The number of halogens is 3. The van der Waals surface area contributed by atoms with Crippen LogP contribution in [-0.4, -0.2) is 27.1 Å². The summed E-state index contributed by atoms with van der Waals surface area (Å²) in [5.41, 5.74) is -0.930. The Labute approximate surface area is 149 Å². The molecule has 0 fully saturated rings. The number of sulfonamides is 1. The molecule has 140 valence electrons. The van der Waals surface area contributed by atoms with Crippen molar-refractivity contribution in [3.63, 3.8) is 0 Å². The largest absolute Gasteiger partial charge is 0.418 e. The summed E-state index contributed by atoms with van der Waals surface area (Å²) in [6.45, 7) is -0.614. The number of benzene rings is 2. The average molecular weight is 386 g/mol. The molecule has 0 saturated carbocycles. The van der Waals surface area contributed by atoms with Gasteiger partial charge in [0.1, 0.15) is 6.54 Å². The Morgan fingerprint density at radius 3 is 2.19 bits per heavy atom. The standard InChI is InChI=1S/C17H17F3N2O3S/c1-26(24,25)22(15-10-6-5-9-14(15)17(18,19)20)12-16(23)21-11-13-7-3-2-4-8-13/h2-10H,11-12H2,1H3,(H,21,23). The van der Waals surface area contributed by atoms with Gasteiger partial charge in [0.15, 0.2) is 0 Å². The number of hydrogen-bond acceptors (Lipinski definition) is 3. The zero-order chi connectivity index (χ0) is 19.4. The van der Waals surface area contributed by atoms with E-state index in [0.29, 0.717) is 4.31 Å². The lowest BCUT2D eigenvalue weighted by Crippen LogP contribution is -2.41. The second-order valence-corrected chi connectivity index (χ2v) is 7.45. The fourth-order valence-electron chi connectivity index (χ4n) is 2.29. The third kappa shape index (κ3) is 5.22. The number of rotatable bonds is 6. The Kier molecular flexibility index (Phi) is 5.91. The number of carbonyl (C=O) groups excluding carboxylic acids is 1.